The number of hydrogen-bond donors (Lipinski definition) is 2. The Kier molecular flexibility index (Phi) is 3.96. The zero-order chi connectivity index (χ0) is 17.2. The first-order valence-corrected chi connectivity index (χ1v) is 8.19. The molecular formula is C21H19N3O. The number of methoxy groups -OCH3 is 1. The molecule has 0 spiro atoms. The Morgan fingerprint density at radius 2 is 1.84 bits per heavy atom. The molecule has 124 valence electrons. The van der Waals surface area contributed by atoms with Crippen LogP contribution in [0.5, 0.6) is 5.75 Å². The van der Waals surface area contributed by atoms with Gasteiger partial charge in [-0.3, -0.25) is 0 Å². The Bertz CT molecular complexity index is 1040. The van der Waals surface area contributed by atoms with Gasteiger partial charge in [-0.1, -0.05) is 30.3 Å². The predicted octanol–water partition coefficient (Wildman–Crippen LogP) is 4.36. The predicted molar refractivity (Wildman–Crippen MR) is 101 cm³/mol. The smallest absolute Gasteiger partial charge is 0.137 e. The summed E-state index contributed by atoms with van der Waals surface area (Å²) in [7, 11) is 1.68. The third kappa shape index (κ3) is 2.88. The van der Waals surface area contributed by atoms with Crippen LogP contribution in [-0.4, -0.2) is 17.1 Å². The van der Waals surface area contributed by atoms with E-state index in [1.165, 1.54) is 0 Å². The topological polar surface area (TPSA) is 63.9 Å². The van der Waals surface area contributed by atoms with Crippen molar-refractivity contribution in [1.82, 2.24) is 9.97 Å². The number of fused-ring (bicyclic) bond motifs is 1. The number of aromatic nitrogens is 2. The molecule has 3 N–H and O–H groups in total. The van der Waals surface area contributed by atoms with Crippen LogP contribution < -0.4 is 10.5 Å². The number of rotatable bonds is 4. The molecule has 4 rings (SSSR count). The van der Waals surface area contributed by atoms with E-state index in [1.807, 2.05) is 42.7 Å². The fourth-order valence-electron chi connectivity index (χ4n) is 3.07. The molecule has 0 atom stereocenters. The van der Waals surface area contributed by atoms with Crippen LogP contribution in [0.2, 0.25) is 0 Å². The number of pyridine rings is 1. The summed E-state index contributed by atoms with van der Waals surface area (Å²) in [5.74, 6) is 0.836. The summed E-state index contributed by atoms with van der Waals surface area (Å²) in [6.07, 6.45) is 3.89. The molecular weight excluding hydrogens is 310 g/mol. The maximum Gasteiger partial charge on any atom is 0.137 e. The Balaban J connectivity index is 1.84. The van der Waals surface area contributed by atoms with E-state index in [9.17, 15) is 0 Å². The number of nitrogens with one attached hydrogen (secondary N) is 1. The number of nitrogens with zero attached hydrogens (tertiary/aromatic N) is 1. The number of benzene rings is 2. The van der Waals surface area contributed by atoms with Crippen molar-refractivity contribution >= 4 is 11.0 Å². The lowest BCUT2D eigenvalue weighted by Crippen LogP contribution is -1.95. The molecule has 0 amide bonds. The molecule has 0 aliphatic rings. The number of ether oxygens (including phenoxy) is 1. The standard InChI is InChI=1S/C21H19N3O/c1-25-18-7-3-5-15(9-18)17-10-19-20(13-24-21(19)23-12-17)16-6-2-4-14(8-16)11-22/h2-10,12-13H,11,22H2,1H3,(H,23,24). The van der Waals surface area contributed by atoms with E-state index < -0.39 is 0 Å². The van der Waals surface area contributed by atoms with Crippen LogP contribution in [0, 0.1) is 0 Å². The van der Waals surface area contributed by atoms with Crippen molar-refractivity contribution in [1.29, 1.82) is 0 Å². The van der Waals surface area contributed by atoms with Crippen molar-refractivity contribution in [2.45, 2.75) is 6.54 Å². The van der Waals surface area contributed by atoms with Crippen LogP contribution in [0.15, 0.2) is 67.0 Å². The zero-order valence-electron chi connectivity index (χ0n) is 14.0. The van der Waals surface area contributed by atoms with Gasteiger partial charge in [0.05, 0.1) is 7.11 Å². The third-order valence-corrected chi connectivity index (χ3v) is 4.41. The molecule has 0 unspecified atom stereocenters. The molecule has 0 saturated heterocycles. The molecule has 0 aliphatic heterocycles. The van der Waals surface area contributed by atoms with Crippen molar-refractivity contribution in [3.8, 4) is 28.0 Å². The Morgan fingerprint density at radius 3 is 2.68 bits per heavy atom. The maximum absolute atomic E-state index is 5.78. The Morgan fingerprint density at radius 1 is 1.00 bits per heavy atom. The van der Waals surface area contributed by atoms with Gasteiger partial charge < -0.3 is 15.5 Å². The van der Waals surface area contributed by atoms with E-state index in [-0.39, 0.29) is 0 Å². The van der Waals surface area contributed by atoms with E-state index in [0.29, 0.717) is 6.54 Å². The summed E-state index contributed by atoms with van der Waals surface area (Å²) >= 11 is 0. The second-order valence-electron chi connectivity index (χ2n) is 5.96. The van der Waals surface area contributed by atoms with Gasteiger partial charge in [0.1, 0.15) is 11.4 Å². The normalized spacial score (nSPS) is 11.0. The molecule has 0 fully saturated rings. The van der Waals surface area contributed by atoms with E-state index in [4.69, 9.17) is 10.5 Å². The molecule has 4 heteroatoms. The Labute approximate surface area is 146 Å². The first kappa shape index (κ1) is 15.4. The van der Waals surface area contributed by atoms with Crippen LogP contribution in [0.25, 0.3) is 33.3 Å². The molecule has 2 heterocycles. The van der Waals surface area contributed by atoms with Crippen molar-refractivity contribution in [3.63, 3.8) is 0 Å². The van der Waals surface area contributed by atoms with Crippen LogP contribution in [0.4, 0.5) is 0 Å². The van der Waals surface area contributed by atoms with Gasteiger partial charge in [-0.25, -0.2) is 4.98 Å². The summed E-state index contributed by atoms with van der Waals surface area (Å²) in [5.41, 5.74) is 12.2. The summed E-state index contributed by atoms with van der Waals surface area (Å²) in [6.45, 7) is 0.531. The van der Waals surface area contributed by atoms with Crippen molar-refractivity contribution in [2.75, 3.05) is 7.11 Å². The summed E-state index contributed by atoms with van der Waals surface area (Å²) in [6, 6.07) is 18.5. The quantitative estimate of drug-likeness (QED) is 0.584. The largest absolute Gasteiger partial charge is 0.497 e. The van der Waals surface area contributed by atoms with Gasteiger partial charge in [-0.2, -0.15) is 0 Å². The minimum atomic E-state index is 0.531. The highest BCUT2D eigenvalue weighted by Crippen LogP contribution is 2.32. The molecule has 0 aliphatic carbocycles. The second-order valence-corrected chi connectivity index (χ2v) is 5.96. The van der Waals surface area contributed by atoms with Gasteiger partial charge in [0.2, 0.25) is 0 Å². The van der Waals surface area contributed by atoms with E-state index in [0.717, 1.165) is 44.6 Å². The summed E-state index contributed by atoms with van der Waals surface area (Å²) in [4.78, 5) is 7.84. The van der Waals surface area contributed by atoms with Gasteiger partial charge in [-0.05, 0) is 41.0 Å². The highest BCUT2D eigenvalue weighted by Gasteiger charge is 2.10. The highest BCUT2D eigenvalue weighted by atomic mass is 16.5. The summed E-state index contributed by atoms with van der Waals surface area (Å²) < 4.78 is 5.33. The first-order chi connectivity index (χ1) is 12.3. The molecule has 0 saturated carbocycles. The van der Waals surface area contributed by atoms with Gasteiger partial charge in [0.25, 0.3) is 0 Å². The summed E-state index contributed by atoms with van der Waals surface area (Å²) in [5, 5.41) is 1.09. The van der Waals surface area contributed by atoms with Gasteiger partial charge in [0, 0.05) is 35.5 Å². The fraction of sp³-hybridized carbons (Fsp3) is 0.0952. The average molecular weight is 329 g/mol. The van der Waals surface area contributed by atoms with Crippen molar-refractivity contribution in [3.05, 3.63) is 72.6 Å². The number of nitrogens with two attached hydrogens (primary N) is 1. The van der Waals surface area contributed by atoms with E-state index >= 15 is 0 Å². The van der Waals surface area contributed by atoms with Crippen LogP contribution >= 0.6 is 0 Å². The first-order valence-electron chi connectivity index (χ1n) is 8.19. The Hall–Kier alpha value is -3.11. The van der Waals surface area contributed by atoms with Gasteiger partial charge >= 0.3 is 0 Å². The number of aromatic amines is 1. The second kappa shape index (κ2) is 6.42. The minimum absolute atomic E-state index is 0.531. The van der Waals surface area contributed by atoms with E-state index in [1.54, 1.807) is 7.11 Å². The monoisotopic (exact) mass is 329 g/mol. The number of H-pyrrole nitrogens is 1. The molecule has 0 radical (unpaired) electrons. The lowest BCUT2D eigenvalue weighted by molar-refractivity contribution is 0.415. The molecule has 4 aromatic rings. The van der Waals surface area contributed by atoms with Gasteiger partial charge in [0.15, 0.2) is 0 Å². The minimum Gasteiger partial charge on any atom is -0.497 e. The molecule has 25 heavy (non-hydrogen) atoms. The van der Waals surface area contributed by atoms with Crippen LogP contribution in [0.3, 0.4) is 0 Å². The number of hydrogen-bond acceptors (Lipinski definition) is 3. The van der Waals surface area contributed by atoms with Crippen molar-refractivity contribution in [2.24, 2.45) is 5.73 Å². The van der Waals surface area contributed by atoms with Crippen molar-refractivity contribution < 1.29 is 4.74 Å². The van der Waals surface area contributed by atoms with Crippen LogP contribution in [-0.2, 0) is 6.54 Å². The maximum atomic E-state index is 5.78. The fourth-order valence-corrected chi connectivity index (χ4v) is 3.07. The average Bonchev–Trinajstić information content (AvgIpc) is 3.11. The molecule has 0 bridgehead atoms. The third-order valence-electron chi connectivity index (χ3n) is 4.41. The molecule has 2 aromatic carbocycles. The lowest BCUT2D eigenvalue weighted by Gasteiger charge is -2.06. The highest BCUT2D eigenvalue weighted by molar-refractivity contribution is 5.95. The van der Waals surface area contributed by atoms with Crippen LogP contribution in [0.1, 0.15) is 5.56 Å². The molecule has 2 aromatic heterocycles. The van der Waals surface area contributed by atoms with Gasteiger partial charge in [-0.15, -0.1) is 0 Å². The lowest BCUT2D eigenvalue weighted by atomic mass is 10.0. The molecule has 4 nitrogen and oxygen atoms in total. The zero-order valence-corrected chi connectivity index (χ0v) is 14.0. The SMILES string of the molecule is COc1cccc(-c2cnc3[nH]cc(-c4cccc(CN)c4)c3c2)c1. The van der Waals surface area contributed by atoms with E-state index in [2.05, 4.69) is 34.2 Å².